The molecular formula is C12H17FN4O2. The van der Waals surface area contributed by atoms with Gasteiger partial charge in [-0.25, -0.2) is 14.4 Å². The molecule has 2 heterocycles. The Morgan fingerprint density at radius 1 is 1.42 bits per heavy atom. The monoisotopic (exact) mass is 268 g/mol. The minimum atomic E-state index is -0.409. The second kappa shape index (κ2) is 5.94. The van der Waals surface area contributed by atoms with Crippen LogP contribution < -0.4 is 5.73 Å². The number of nitrogens with zero attached hydrogens (tertiary/aromatic N) is 3. The average molecular weight is 268 g/mol. The Kier molecular flexibility index (Phi) is 4.28. The van der Waals surface area contributed by atoms with E-state index in [2.05, 4.69) is 9.97 Å². The van der Waals surface area contributed by atoms with Crippen LogP contribution in [0.3, 0.4) is 0 Å². The van der Waals surface area contributed by atoms with E-state index in [-0.39, 0.29) is 17.3 Å². The summed E-state index contributed by atoms with van der Waals surface area (Å²) >= 11 is 0. The molecule has 2 aromatic heterocycles. The van der Waals surface area contributed by atoms with Gasteiger partial charge in [0.25, 0.3) is 0 Å². The van der Waals surface area contributed by atoms with E-state index in [1.165, 1.54) is 12.5 Å². The van der Waals surface area contributed by atoms with Crippen LogP contribution >= 0.6 is 0 Å². The van der Waals surface area contributed by atoms with Crippen LogP contribution in [-0.2, 0) is 16.0 Å². The van der Waals surface area contributed by atoms with E-state index in [1.54, 1.807) is 18.8 Å². The summed E-state index contributed by atoms with van der Waals surface area (Å²) in [7, 11) is 3.24. The zero-order valence-electron chi connectivity index (χ0n) is 11.0. The SMILES string of the molecule is COCC(CCn1cc(F)c2c(N)ncnc21)OC. The summed E-state index contributed by atoms with van der Waals surface area (Å²) < 4.78 is 25.8. The zero-order chi connectivity index (χ0) is 13.8. The summed E-state index contributed by atoms with van der Waals surface area (Å²) in [5.41, 5.74) is 6.15. The van der Waals surface area contributed by atoms with Gasteiger partial charge in [-0.15, -0.1) is 0 Å². The first-order valence-corrected chi connectivity index (χ1v) is 5.94. The molecule has 2 N–H and O–H groups in total. The molecule has 2 rings (SSSR count). The predicted octanol–water partition coefficient (Wildman–Crippen LogP) is 1.20. The van der Waals surface area contributed by atoms with E-state index in [4.69, 9.17) is 15.2 Å². The molecule has 0 saturated heterocycles. The van der Waals surface area contributed by atoms with Gasteiger partial charge in [0.1, 0.15) is 17.8 Å². The fraction of sp³-hybridized carbons (Fsp3) is 0.500. The van der Waals surface area contributed by atoms with E-state index >= 15 is 0 Å². The predicted molar refractivity (Wildman–Crippen MR) is 69.2 cm³/mol. The molecule has 19 heavy (non-hydrogen) atoms. The zero-order valence-corrected chi connectivity index (χ0v) is 11.0. The molecule has 6 nitrogen and oxygen atoms in total. The minimum Gasteiger partial charge on any atom is -0.383 e. The van der Waals surface area contributed by atoms with Gasteiger partial charge in [0.15, 0.2) is 5.82 Å². The van der Waals surface area contributed by atoms with E-state index in [0.717, 1.165) is 0 Å². The number of methoxy groups -OCH3 is 2. The fourth-order valence-electron chi connectivity index (χ4n) is 2.01. The van der Waals surface area contributed by atoms with Crippen molar-refractivity contribution in [1.82, 2.24) is 14.5 Å². The van der Waals surface area contributed by atoms with Crippen molar-refractivity contribution < 1.29 is 13.9 Å². The molecule has 0 bridgehead atoms. The van der Waals surface area contributed by atoms with Gasteiger partial charge < -0.3 is 19.8 Å². The second-order valence-electron chi connectivity index (χ2n) is 4.23. The second-order valence-corrected chi connectivity index (χ2v) is 4.23. The van der Waals surface area contributed by atoms with E-state index in [1.807, 2.05) is 0 Å². The quantitative estimate of drug-likeness (QED) is 0.852. The van der Waals surface area contributed by atoms with E-state index in [9.17, 15) is 4.39 Å². The van der Waals surface area contributed by atoms with Gasteiger partial charge in [0.05, 0.1) is 18.1 Å². The summed E-state index contributed by atoms with van der Waals surface area (Å²) in [4.78, 5) is 7.86. The maximum Gasteiger partial charge on any atom is 0.154 e. The van der Waals surface area contributed by atoms with Crippen LogP contribution in [0.25, 0.3) is 11.0 Å². The summed E-state index contributed by atoms with van der Waals surface area (Å²) in [5, 5.41) is 0.267. The Hall–Kier alpha value is -1.73. The van der Waals surface area contributed by atoms with Crippen molar-refractivity contribution in [2.45, 2.75) is 19.1 Å². The number of hydrogen-bond acceptors (Lipinski definition) is 5. The van der Waals surface area contributed by atoms with Crippen LogP contribution in [0, 0.1) is 5.82 Å². The normalized spacial score (nSPS) is 13.0. The number of nitrogen functional groups attached to an aromatic ring is 1. The van der Waals surface area contributed by atoms with Gasteiger partial charge in [-0.1, -0.05) is 0 Å². The minimum absolute atomic E-state index is 0.0373. The maximum absolute atomic E-state index is 13.8. The van der Waals surface area contributed by atoms with Crippen molar-refractivity contribution in [3.05, 3.63) is 18.3 Å². The lowest BCUT2D eigenvalue weighted by atomic mass is 10.2. The number of aromatic nitrogens is 3. The van der Waals surface area contributed by atoms with Crippen molar-refractivity contribution in [1.29, 1.82) is 0 Å². The molecule has 0 aromatic carbocycles. The van der Waals surface area contributed by atoms with Gasteiger partial charge in [0.2, 0.25) is 0 Å². The Morgan fingerprint density at radius 3 is 2.89 bits per heavy atom. The lowest BCUT2D eigenvalue weighted by molar-refractivity contribution is 0.0212. The smallest absolute Gasteiger partial charge is 0.154 e. The number of nitrogens with two attached hydrogens (primary N) is 1. The van der Waals surface area contributed by atoms with Crippen molar-refractivity contribution in [2.75, 3.05) is 26.6 Å². The number of halogens is 1. The van der Waals surface area contributed by atoms with Crippen LogP contribution in [0.5, 0.6) is 0 Å². The highest BCUT2D eigenvalue weighted by atomic mass is 19.1. The molecular weight excluding hydrogens is 251 g/mol. The summed E-state index contributed by atoms with van der Waals surface area (Å²) in [6, 6.07) is 0. The molecule has 0 spiro atoms. The van der Waals surface area contributed by atoms with Crippen LogP contribution in [0.2, 0.25) is 0 Å². The van der Waals surface area contributed by atoms with Crippen LogP contribution in [0.4, 0.5) is 10.2 Å². The molecule has 0 aliphatic carbocycles. The van der Waals surface area contributed by atoms with E-state index < -0.39 is 5.82 Å². The molecule has 0 amide bonds. The van der Waals surface area contributed by atoms with Crippen LogP contribution in [0.1, 0.15) is 6.42 Å². The third-order valence-corrected chi connectivity index (χ3v) is 3.01. The first kappa shape index (κ1) is 13.7. The molecule has 2 aromatic rings. The number of hydrogen-bond donors (Lipinski definition) is 1. The topological polar surface area (TPSA) is 75.2 Å². The van der Waals surface area contributed by atoms with Crippen molar-refractivity contribution >= 4 is 16.9 Å². The van der Waals surface area contributed by atoms with Gasteiger partial charge in [-0.3, -0.25) is 0 Å². The van der Waals surface area contributed by atoms with Crippen molar-refractivity contribution in [3.8, 4) is 0 Å². The Bertz CT molecular complexity index is 558. The molecule has 1 unspecified atom stereocenters. The molecule has 1 atom stereocenters. The van der Waals surface area contributed by atoms with Gasteiger partial charge >= 0.3 is 0 Å². The van der Waals surface area contributed by atoms with Crippen molar-refractivity contribution in [3.63, 3.8) is 0 Å². The standard InChI is InChI=1S/C12H17FN4O2/c1-18-6-8(19-2)3-4-17-5-9(13)10-11(14)15-7-16-12(10)17/h5,7-8H,3-4,6H2,1-2H3,(H2,14,15,16). The highest BCUT2D eigenvalue weighted by Crippen LogP contribution is 2.22. The lowest BCUT2D eigenvalue weighted by Crippen LogP contribution is -2.19. The molecule has 0 radical (unpaired) electrons. The number of ether oxygens (including phenoxy) is 2. The number of fused-ring (bicyclic) bond motifs is 1. The molecule has 0 saturated carbocycles. The average Bonchev–Trinajstić information content (AvgIpc) is 2.73. The number of anilines is 1. The van der Waals surface area contributed by atoms with Gasteiger partial charge in [-0.2, -0.15) is 0 Å². The summed E-state index contributed by atoms with van der Waals surface area (Å²) in [5.74, 6) is -0.254. The summed E-state index contributed by atoms with van der Waals surface area (Å²) in [6.45, 7) is 1.06. The number of rotatable bonds is 6. The molecule has 7 heteroatoms. The number of aryl methyl sites for hydroxylation is 1. The van der Waals surface area contributed by atoms with Gasteiger partial charge in [-0.05, 0) is 6.42 Å². The lowest BCUT2D eigenvalue weighted by Gasteiger charge is -2.14. The third kappa shape index (κ3) is 2.82. The molecule has 0 fully saturated rings. The molecule has 0 aliphatic heterocycles. The first-order valence-electron chi connectivity index (χ1n) is 5.94. The Balaban J connectivity index is 2.19. The maximum atomic E-state index is 13.8. The highest BCUT2D eigenvalue weighted by Gasteiger charge is 2.14. The molecule has 104 valence electrons. The Labute approximate surface area is 110 Å². The third-order valence-electron chi connectivity index (χ3n) is 3.01. The van der Waals surface area contributed by atoms with Gasteiger partial charge in [0, 0.05) is 27.0 Å². The largest absolute Gasteiger partial charge is 0.383 e. The molecule has 0 aliphatic rings. The first-order chi connectivity index (χ1) is 9.17. The highest BCUT2D eigenvalue weighted by molar-refractivity contribution is 5.86. The summed E-state index contributed by atoms with van der Waals surface area (Å²) in [6.07, 6.45) is 3.37. The Morgan fingerprint density at radius 2 is 2.21 bits per heavy atom. The van der Waals surface area contributed by atoms with Crippen molar-refractivity contribution in [2.24, 2.45) is 0 Å². The van der Waals surface area contributed by atoms with E-state index in [0.29, 0.717) is 25.2 Å². The van der Waals surface area contributed by atoms with Crippen LogP contribution in [-0.4, -0.2) is 41.5 Å². The fourth-order valence-corrected chi connectivity index (χ4v) is 2.01. The van der Waals surface area contributed by atoms with Crippen LogP contribution in [0.15, 0.2) is 12.5 Å².